The van der Waals surface area contributed by atoms with E-state index >= 15 is 0 Å². The van der Waals surface area contributed by atoms with Gasteiger partial charge in [0.05, 0.1) is 17.6 Å². The van der Waals surface area contributed by atoms with E-state index in [1.165, 1.54) is 0 Å². The normalized spacial score (nSPS) is 10.1. The lowest BCUT2D eigenvalue weighted by Gasteiger charge is -2.03. The van der Waals surface area contributed by atoms with Gasteiger partial charge < -0.3 is 10.4 Å². The van der Waals surface area contributed by atoms with Crippen LogP contribution in [0.2, 0.25) is 0 Å². The number of carboxylic acid groups (broad SMARTS) is 1. The largest absolute Gasteiger partial charge is 0.478 e. The first-order valence-corrected chi connectivity index (χ1v) is 5.32. The molecule has 82 valence electrons. The van der Waals surface area contributed by atoms with Crippen LogP contribution in [-0.2, 0) is 0 Å². The lowest BCUT2D eigenvalue weighted by Crippen LogP contribution is -2.01. The first-order chi connectivity index (χ1) is 7.68. The first kappa shape index (κ1) is 10.6. The maximum absolute atomic E-state index is 11.0. The standard InChI is InChI=1S/C10H9N3O2S/c1-6-8(10(14)15)9(16-13-6)12-7-3-2-4-11-5-7/h2-5,12H,1H3,(H,14,15). The highest BCUT2D eigenvalue weighted by Crippen LogP contribution is 2.27. The van der Waals surface area contributed by atoms with Crippen molar-refractivity contribution in [2.75, 3.05) is 5.32 Å². The molecule has 2 aromatic rings. The van der Waals surface area contributed by atoms with Gasteiger partial charge in [0.1, 0.15) is 10.6 Å². The average molecular weight is 235 g/mol. The summed E-state index contributed by atoms with van der Waals surface area (Å²) in [5.41, 5.74) is 1.48. The van der Waals surface area contributed by atoms with Gasteiger partial charge in [-0.05, 0) is 30.6 Å². The molecule has 0 aliphatic carbocycles. The van der Waals surface area contributed by atoms with Crippen molar-refractivity contribution in [3.63, 3.8) is 0 Å². The van der Waals surface area contributed by atoms with Gasteiger partial charge in [0.25, 0.3) is 0 Å². The molecule has 0 aliphatic rings. The number of hydrogen-bond donors (Lipinski definition) is 2. The predicted octanol–water partition coefficient (Wildman–Crippen LogP) is 2.29. The van der Waals surface area contributed by atoms with Gasteiger partial charge in [0.15, 0.2) is 0 Å². The summed E-state index contributed by atoms with van der Waals surface area (Å²) in [6, 6.07) is 3.59. The van der Waals surface area contributed by atoms with Crippen LogP contribution in [0.3, 0.4) is 0 Å². The zero-order valence-electron chi connectivity index (χ0n) is 8.47. The van der Waals surface area contributed by atoms with Gasteiger partial charge in [0.2, 0.25) is 0 Å². The smallest absolute Gasteiger partial charge is 0.340 e. The molecule has 0 spiro atoms. The third-order valence-corrected chi connectivity index (χ3v) is 2.85. The monoisotopic (exact) mass is 235 g/mol. The minimum atomic E-state index is -0.974. The van der Waals surface area contributed by atoms with Crippen LogP contribution in [-0.4, -0.2) is 20.4 Å². The Balaban J connectivity index is 2.32. The summed E-state index contributed by atoms with van der Waals surface area (Å²) in [5, 5.41) is 12.5. The first-order valence-electron chi connectivity index (χ1n) is 4.55. The van der Waals surface area contributed by atoms with Crippen molar-refractivity contribution in [2.45, 2.75) is 6.92 Å². The number of aryl methyl sites for hydroxylation is 1. The van der Waals surface area contributed by atoms with Crippen molar-refractivity contribution in [3.8, 4) is 0 Å². The van der Waals surface area contributed by atoms with Crippen LogP contribution < -0.4 is 5.32 Å². The van der Waals surface area contributed by atoms with Gasteiger partial charge in [-0.25, -0.2) is 4.79 Å². The van der Waals surface area contributed by atoms with Gasteiger partial charge >= 0.3 is 5.97 Å². The number of rotatable bonds is 3. The molecule has 16 heavy (non-hydrogen) atoms. The van der Waals surface area contributed by atoms with Gasteiger partial charge in [-0.3, -0.25) is 4.98 Å². The minimum absolute atomic E-state index is 0.217. The Hall–Kier alpha value is -1.95. The van der Waals surface area contributed by atoms with E-state index in [1.807, 2.05) is 6.07 Å². The summed E-state index contributed by atoms with van der Waals surface area (Å²) >= 11 is 1.13. The van der Waals surface area contributed by atoms with E-state index < -0.39 is 5.97 Å². The quantitative estimate of drug-likeness (QED) is 0.853. The van der Waals surface area contributed by atoms with Crippen molar-refractivity contribution in [1.29, 1.82) is 0 Å². The Kier molecular flexibility index (Phi) is 2.82. The summed E-state index contributed by atoms with van der Waals surface area (Å²) in [4.78, 5) is 14.9. The third-order valence-electron chi connectivity index (χ3n) is 2.00. The molecule has 0 saturated carbocycles. The van der Waals surface area contributed by atoms with Gasteiger partial charge in [-0.15, -0.1) is 0 Å². The molecule has 0 amide bonds. The van der Waals surface area contributed by atoms with E-state index in [1.54, 1.807) is 25.4 Å². The van der Waals surface area contributed by atoms with E-state index in [0.717, 1.165) is 17.2 Å². The van der Waals surface area contributed by atoms with Crippen molar-refractivity contribution < 1.29 is 9.90 Å². The molecule has 0 radical (unpaired) electrons. The fourth-order valence-corrected chi connectivity index (χ4v) is 2.08. The van der Waals surface area contributed by atoms with Crippen molar-refractivity contribution in [2.24, 2.45) is 0 Å². The Morgan fingerprint density at radius 3 is 3.00 bits per heavy atom. The second kappa shape index (κ2) is 4.28. The fourth-order valence-electron chi connectivity index (χ4n) is 1.27. The topological polar surface area (TPSA) is 75.1 Å². The molecular weight excluding hydrogens is 226 g/mol. The van der Waals surface area contributed by atoms with E-state index in [2.05, 4.69) is 14.7 Å². The number of hydrogen-bond acceptors (Lipinski definition) is 5. The lowest BCUT2D eigenvalue weighted by atomic mass is 10.2. The molecule has 0 aliphatic heterocycles. The zero-order chi connectivity index (χ0) is 11.5. The molecule has 2 heterocycles. The summed E-state index contributed by atoms with van der Waals surface area (Å²) in [6.45, 7) is 1.67. The Bertz CT molecular complexity index is 510. The van der Waals surface area contributed by atoms with Gasteiger partial charge in [-0.1, -0.05) is 0 Å². The summed E-state index contributed by atoms with van der Waals surface area (Å²) in [6.07, 6.45) is 3.28. The highest BCUT2D eigenvalue weighted by molar-refractivity contribution is 7.10. The van der Waals surface area contributed by atoms with Crippen molar-refractivity contribution in [1.82, 2.24) is 9.36 Å². The van der Waals surface area contributed by atoms with Crippen LogP contribution in [0.4, 0.5) is 10.7 Å². The van der Waals surface area contributed by atoms with Crippen LogP contribution in [0.25, 0.3) is 0 Å². The van der Waals surface area contributed by atoms with Crippen LogP contribution in [0, 0.1) is 6.92 Å². The number of anilines is 2. The second-order valence-electron chi connectivity index (χ2n) is 3.14. The number of pyridine rings is 1. The van der Waals surface area contributed by atoms with Crippen LogP contribution in [0.1, 0.15) is 16.1 Å². The van der Waals surface area contributed by atoms with Crippen molar-refractivity contribution >= 4 is 28.2 Å². The van der Waals surface area contributed by atoms with Gasteiger partial charge in [0, 0.05) is 6.20 Å². The van der Waals surface area contributed by atoms with E-state index in [9.17, 15) is 4.79 Å². The van der Waals surface area contributed by atoms with E-state index in [0.29, 0.717) is 10.7 Å². The van der Waals surface area contributed by atoms with Crippen LogP contribution in [0.5, 0.6) is 0 Å². The molecule has 0 atom stereocenters. The highest BCUT2D eigenvalue weighted by Gasteiger charge is 2.17. The zero-order valence-corrected chi connectivity index (χ0v) is 9.28. The molecule has 2 N–H and O–H groups in total. The van der Waals surface area contributed by atoms with E-state index in [-0.39, 0.29) is 5.56 Å². The maximum atomic E-state index is 11.0. The third kappa shape index (κ3) is 2.01. The van der Waals surface area contributed by atoms with Crippen LogP contribution >= 0.6 is 11.5 Å². The number of aromatic nitrogens is 2. The molecule has 0 bridgehead atoms. The molecule has 5 nitrogen and oxygen atoms in total. The Morgan fingerprint density at radius 1 is 1.56 bits per heavy atom. The lowest BCUT2D eigenvalue weighted by molar-refractivity contribution is 0.0697. The Labute approximate surface area is 95.9 Å². The van der Waals surface area contributed by atoms with Gasteiger partial charge in [-0.2, -0.15) is 4.37 Å². The number of carbonyl (C=O) groups is 1. The minimum Gasteiger partial charge on any atom is -0.478 e. The number of nitrogens with zero attached hydrogens (tertiary/aromatic N) is 2. The number of nitrogens with one attached hydrogen (secondary N) is 1. The summed E-state index contributed by atoms with van der Waals surface area (Å²) < 4.78 is 4.01. The molecule has 2 rings (SSSR count). The SMILES string of the molecule is Cc1nsc(Nc2cccnc2)c1C(=O)O. The predicted molar refractivity (Wildman–Crippen MR) is 61.3 cm³/mol. The molecule has 0 fully saturated rings. The molecule has 2 aromatic heterocycles. The van der Waals surface area contributed by atoms with E-state index in [4.69, 9.17) is 5.11 Å². The maximum Gasteiger partial charge on any atom is 0.340 e. The highest BCUT2D eigenvalue weighted by atomic mass is 32.1. The Morgan fingerprint density at radius 2 is 2.38 bits per heavy atom. The molecular formula is C10H9N3O2S. The summed E-state index contributed by atoms with van der Waals surface area (Å²) in [7, 11) is 0. The molecule has 0 saturated heterocycles. The summed E-state index contributed by atoms with van der Waals surface area (Å²) in [5.74, 6) is -0.974. The average Bonchev–Trinajstić information content (AvgIpc) is 2.61. The molecule has 0 unspecified atom stereocenters. The molecule has 6 heteroatoms. The van der Waals surface area contributed by atoms with Crippen molar-refractivity contribution in [3.05, 3.63) is 35.8 Å². The fraction of sp³-hybridized carbons (Fsp3) is 0.100. The van der Waals surface area contributed by atoms with Crippen LogP contribution in [0.15, 0.2) is 24.5 Å². The second-order valence-corrected chi connectivity index (χ2v) is 3.92. The number of carboxylic acids is 1. The number of aromatic carboxylic acids is 1. The molecule has 0 aromatic carbocycles.